The van der Waals surface area contributed by atoms with Crippen LogP contribution in [0.5, 0.6) is 5.75 Å². The predicted molar refractivity (Wildman–Crippen MR) is 136 cm³/mol. The molecule has 2 aromatic carbocycles. The van der Waals surface area contributed by atoms with E-state index in [0.29, 0.717) is 34.6 Å². The molecule has 4 rings (SSSR count). The molecule has 0 bridgehead atoms. The van der Waals surface area contributed by atoms with Crippen LogP contribution in [0.25, 0.3) is 0 Å². The normalized spacial score (nSPS) is 19.8. The Hall–Kier alpha value is -3.06. The lowest BCUT2D eigenvalue weighted by molar-refractivity contribution is -0.138. The molecule has 184 valence electrons. The largest absolute Gasteiger partial charge is 0.496 e. The SMILES string of the molecule is CCSCCOC(=O)C1=C(C)NC2=C(C(=O)CC(c3ccccc3OC)C2)C1c1ccccc1F. The minimum atomic E-state index is -0.815. The molecule has 0 aromatic heterocycles. The fourth-order valence-electron chi connectivity index (χ4n) is 4.97. The molecule has 5 nitrogen and oxygen atoms in total. The minimum absolute atomic E-state index is 0.0847. The number of ketones is 1. The number of benzene rings is 2. The summed E-state index contributed by atoms with van der Waals surface area (Å²) in [6.45, 7) is 4.08. The number of hydrogen-bond donors (Lipinski definition) is 1. The van der Waals surface area contributed by atoms with Gasteiger partial charge in [0.15, 0.2) is 5.78 Å². The first-order chi connectivity index (χ1) is 17.0. The molecule has 0 saturated carbocycles. The third-order valence-corrected chi connectivity index (χ3v) is 7.37. The molecule has 2 unspecified atom stereocenters. The van der Waals surface area contributed by atoms with Gasteiger partial charge >= 0.3 is 5.97 Å². The summed E-state index contributed by atoms with van der Waals surface area (Å²) in [6.07, 6.45) is 0.805. The summed E-state index contributed by atoms with van der Waals surface area (Å²) in [4.78, 5) is 26.9. The standard InChI is InChI=1S/C28H30FNO4S/c1-4-35-14-13-34-28(32)25-17(2)30-22-15-18(19-9-6-8-12-24(19)33-3)16-23(31)27(22)26(25)20-10-5-7-11-21(20)29/h5-12,18,26,30H,4,13-16H2,1-3H3. The average Bonchev–Trinajstić information content (AvgIpc) is 2.86. The van der Waals surface area contributed by atoms with Crippen LogP contribution in [0.3, 0.4) is 0 Å². The zero-order valence-corrected chi connectivity index (χ0v) is 21.0. The van der Waals surface area contributed by atoms with Crippen molar-refractivity contribution in [1.29, 1.82) is 0 Å². The molecule has 0 radical (unpaired) electrons. The number of nitrogens with one attached hydrogen (secondary N) is 1. The van der Waals surface area contributed by atoms with Gasteiger partial charge in [0.1, 0.15) is 18.2 Å². The highest BCUT2D eigenvalue weighted by atomic mass is 32.2. The van der Waals surface area contributed by atoms with Crippen LogP contribution in [-0.4, -0.2) is 37.0 Å². The summed E-state index contributed by atoms with van der Waals surface area (Å²) in [5.74, 6) is 0.357. The number of ether oxygens (including phenoxy) is 2. The highest BCUT2D eigenvalue weighted by molar-refractivity contribution is 7.99. The molecule has 7 heteroatoms. The maximum absolute atomic E-state index is 15.1. The molecule has 0 spiro atoms. The number of Topliss-reactive ketones (excluding diaryl/α,β-unsaturated/α-hetero) is 1. The van der Waals surface area contributed by atoms with Crippen molar-refractivity contribution in [2.24, 2.45) is 0 Å². The van der Waals surface area contributed by atoms with Crippen molar-refractivity contribution >= 4 is 23.5 Å². The van der Waals surface area contributed by atoms with E-state index in [4.69, 9.17) is 9.47 Å². The quantitative estimate of drug-likeness (QED) is 0.386. The van der Waals surface area contributed by atoms with E-state index >= 15 is 4.39 Å². The molecule has 0 amide bonds. The van der Waals surface area contributed by atoms with Gasteiger partial charge in [0.05, 0.1) is 18.6 Å². The van der Waals surface area contributed by atoms with Crippen LogP contribution < -0.4 is 10.1 Å². The fraction of sp³-hybridized carbons (Fsp3) is 0.357. The van der Waals surface area contributed by atoms with Crippen LogP contribution in [0, 0.1) is 5.82 Å². The van der Waals surface area contributed by atoms with E-state index in [1.54, 1.807) is 44.0 Å². The number of thioether (sulfide) groups is 1. The van der Waals surface area contributed by atoms with Gasteiger partial charge in [0.25, 0.3) is 0 Å². The van der Waals surface area contributed by atoms with Crippen molar-refractivity contribution in [2.45, 2.75) is 38.5 Å². The van der Waals surface area contributed by atoms with Crippen molar-refractivity contribution in [3.63, 3.8) is 0 Å². The van der Waals surface area contributed by atoms with Gasteiger partial charge in [-0.2, -0.15) is 11.8 Å². The Kier molecular flexibility index (Phi) is 7.96. The average molecular weight is 496 g/mol. The first-order valence-corrected chi connectivity index (χ1v) is 13.0. The molecule has 0 fully saturated rings. The maximum atomic E-state index is 15.1. The Balaban J connectivity index is 1.74. The van der Waals surface area contributed by atoms with Crippen molar-refractivity contribution in [2.75, 3.05) is 25.2 Å². The number of rotatable bonds is 8. The van der Waals surface area contributed by atoms with Crippen molar-refractivity contribution < 1.29 is 23.5 Å². The van der Waals surface area contributed by atoms with Crippen LogP contribution >= 0.6 is 11.8 Å². The lowest BCUT2D eigenvalue weighted by atomic mass is 9.71. The second-order valence-electron chi connectivity index (χ2n) is 8.61. The van der Waals surface area contributed by atoms with Gasteiger partial charge in [-0.3, -0.25) is 4.79 Å². The highest BCUT2D eigenvalue weighted by Gasteiger charge is 2.42. The molecule has 1 N–H and O–H groups in total. The van der Waals surface area contributed by atoms with E-state index in [9.17, 15) is 9.59 Å². The smallest absolute Gasteiger partial charge is 0.336 e. The highest BCUT2D eigenvalue weighted by Crippen LogP contribution is 2.47. The maximum Gasteiger partial charge on any atom is 0.336 e. The van der Waals surface area contributed by atoms with Gasteiger partial charge in [0.2, 0.25) is 0 Å². The van der Waals surface area contributed by atoms with Gasteiger partial charge in [-0.15, -0.1) is 0 Å². The lowest BCUT2D eigenvalue weighted by Gasteiger charge is -2.37. The topological polar surface area (TPSA) is 64.6 Å². The zero-order chi connectivity index (χ0) is 24.9. The van der Waals surface area contributed by atoms with Gasteiger partial charge in [-0.25, -0.2) is 9.18 Å². The van der Waals surface area contributed by atoms with Crippen LogP contribution in [-0.2, 0) is 14.3 Å². The number of carbonyl (C=O) groups is 2. The monoisotopic (exact) mass is 495 g/mol. The molecule has 1 aliphatic heterocycles. The molecule has 2 atom stereocenters. The van der Waals surface area contributed by atoms with E-state index in [0.717, 1.165) is 22.8 Å². The van der Waals surface area contributed by atoms with E-state index in [1.165, 1.54) is 6.07 Å². The molecule has 35 heavy (non-hydrogen) atoms. The van der Waals surface area contributed by atoms with Gasteiger partial charge in [0, 0.05) is 40.6 Å². The number of halogens is 1. The minimum Gasteiger partial charge on any atom is -0.496 e. The molecule has 1 aliphatic carbocycles. The summed E-state index contributed by atoms with van der Waals surface area (Å²) in [6, 6.07) is 14.0. The summed E-state index contributed by atoms with van der Waals surface area (Å²) < 4.78 is 26.1. The first kappa shape index (κ1) is 25.0. The zero-order valence-electron chi connectivity index (χ0n) is 20.2. The first-order valence-electron chi connectivity index (χ1n) is 11.8. The summed E-state index contributed by atoms with van der Waals surface area (Å²) in [7, 11) is 1.62. The summed E-state index contributed by atoms with van der Waals surface area (Å²) >= 11 is 1.67. The van der Waals surface area contributed by atoms with Crippen LogP contribution in [0.2, 0.25) is 0 Å². The Bertz CT molecular complexity index is 1190. The number of esters is 1. The van der Waals surface area contributed by atoms with Crippen molar-refractivity contribution in [3.8, 4) is 5.75 Å². The van der Waals surface area contributed by atoms with Gasteiger partial charge < -0.3 is 14.8 Å². The Morgan fingerprint density at radius 1 is 1.11 bits per heavy atom. The van der Waals surface area contributed by atoms with Crippen molar-refractivity contribution in [1.82, 2.24) is 5.32 Å². The number of methoxy groups -OCH3 is 1. The number of dihydropyridines is 1. The number of carbonyl (C=O) groups excluding carboxylic acids is 2. The summed E-state index contributed by atoms with van der Waals surface area (Å²) in [5, 5.41) is 3.31. The van der Waals surface area contributed by atoms with Crippen molar-refractivity contribution in [3.05, 3.63) is 88.0 Å². The fourth-order valence-corrected chi connectivity index (χ4v) is 5.46. The van der Waals surface area contributed by atoms with Gasteiger partial charge in [-0.05, 0) is 36.8 Å². The molecular weight excluding hydrogens is 465 g/mol. The Morgan fingerprint density at radius 2 is 1.83 bits per heavy atom. The van der Waals surface area contributed by atoms with E-state index in [-0.39, 0.29) is 24.7 Å². The van der Waals surface area contributed by atoms with Crippen LogP contribution in [0.15, 0.2) is 71.1 Å². The number of allylic oxidation sites excluding steroid dienone is 3. The summed E-state index contributed by atoms with van der Waals surface area (Å²) in [5.41, 5.74) is 3.31. The van der Waals surface area contributed by atoms with E-state index < -0.39 is 17.7 Å². The molecular formula is C28H30FNO4S. The third-order valence-electron chi connectivity index (χ3n) is 6.51. The predicted octanol–water partition coefficient (Wildman–Crippen LogP) is 5.49. The molecule has 2 aromatic rings. The second-order valence-corrected chi connectivity index (χ2v) is 10.0. The number of para-hydroxylation sites is 1. The van der Waals surface area contributed by atoms with Crippen LogP contribution in [0.1, 0.15) is 49.7 Å². The second kappa shape index (κ2) is 11.1. The Morgan fingerprint density at radius 3 is 2.54 bits per heavy atom. The molecule has 1 heterocycles. The Labute approximate surface area is 209 Å². The number of hydrogen-bond acceptors (Lipinski definition) is 6. The third kappa shape index (κ3) is 5.15. The van der Waals surface area contributed by atoms with Crippen LogP contribution in [0.4, 0.5) is 4.39 Å². The lowest BCUT2D eigenvalue weighted by Crippen LogP contribution is -2.36. The molecule has 0 saturated heterocycles. The van der Waals surface area contributed by atoms with E-state index in [1.807, 2.05) is 31.2 Å². The molecule has 2 aliphatic rings. The van der Waals surface area contributed by atoms with E-state index in [2.05, 4.69) is 5.32 Å². The van der Waals surface area contributed by atoms with Gasteiger partial charge in [-0.1, -0.05) is 43.3 Å².